The van der Waals surface area contributed by atoms with Gasteiger partial charge < -0.3 is 14.4 Å². The van der Waals surface area contributed by atoms with E-state index in [2.05, 4.69) is 0 Å². The van der Waals surface area contributed by atoms with Crippen LogP contribution in [0.3, 0.4) is 0 Å². The summed E-state index contributed by atoms with van der Waals surface area (Å²) in [6, 6.07) is 10.2. The Morgan fingerprint density at radius 2 is 1.75 bits per heavy atom. The highest BCUT2D eigenvalue weighted by molar-refractivity contribution is 7.99. The highest BCUT2D eigenvalue weighted by atomic mass is 35.5. The zero-order valence-electron chi connectivity index (χ0n) is 17.9. The number of hydrogen-bond donors (Lipinski definition) is 0. The quantitative estimate of drug-likeness (QED) is 0.625. The average Bonchev–Trinajstić information content (AvgIpc) is 2.82. The number of piperidine rings is 1. The van der Waals surface area contributed by atoms with Gasteiger partial charge in [0.1, 0.15) is 0 Å². The molecule has 0 saturated carbocycles. The van der Waals surface area contributed by atoms with Crippen LogP contribution in [0.15, 0.2) is 46.2 Å². The minimum absolute atomic E-state index is 0.0389. The molecular weight excluding hydrogens is 472 g/mol. The number of ether oxygens (including phenoxy) is 2. The zero-order chi connectivity index (χ0) is 22.9. The van der Waals surface area contributed by atoms with Crippen LogP contribution in [0.25, 0.3) is 0 Å². The van der Waals surface area contributed by atoms with E-state index >= 15 is 0 Å². The molecule has 2 aromatic carbocycles. The van der Waals surface area contributed by atoms with Crippen LogP contribution >= 0.6 is 23.4 Å². The number of hydrogen-bond acceptors (Lipinski definition) is 6. The molecule has 10 heteroatoms. The van der Waals surface area contributed by atoms with Crippen molar-refractivity contribution in [3.8, 4) is 11.5 Å². The molecule has 2 aliphatic heterocycles. The van der Waals surface area contributed by atoms with Crippen molar-refractivity contribution in [3.63, 3.8) is 0 Å². The maximum absolute atomic E-state index is 13.3. The Balaban J connectivity index is 1.47. The first-order valence-corrected chi connectivity index (χ1v) is 13.1. The fourth-order valence-corrected chi connectivity index (χ4v) is 6.74. The smallest absolute Gasteiger partial charge is 0.243 e. The van der Waals surface area contributed by atoms with Gasteiger partial charge >= 0.3 is 0 Å². The third-order valence-electron chi connectivity index (χ3n) is 5.85. The zero-order valence-corrected chi connectivity index (χ0v) is 20.3. The van der Waals surface area contributed by atoms with Crippen LogP contribution in [0.5, 0.6) is 11.5 Å². The van der Waals surface area contributed by atoms with Crippen LogP contribution in [0, 0.1) is 5.92 Å². The molecule has 0 N–H and O–H groups in total. The Morgan fingerprint density at radius 3 is 2.44 bits per heavy atom. The van der Waals surface area contributed by atoms with Crippen LogP contribution in [-0.2, 0) is 14.8 Å². The molecule has 2 aromatic rings. The molecule has 2 heterocycles. The number of anilines is 1. The maximum Gasteiger partial charge on any atom is 0.243 e. The molecule has 0 aromatic heterocycles. The monoisotopic (exact) mass is 496 g/mol. The Morgan fingerprint density at radius 1 is 1.03 bits per heavy atom. The van der Waals surface area contributed by atoms with Gasteiger partial charge in [-0.2, -0.15) is 4.31 Å². The van der Waals surface area contributed by atoms with Gasteiger partial charge in [0.25, 0.3) is 0 Å². The number of methoxy groups -OCH3 is 2. The molecule has 0 unspecified atom stereocenters. The lowest BCUT2D eigenvalue weighted by Crippen LogP contribution is -2.45. The van der Waals surface area contributed by atoms with Gasteiger partial charge in [0.15, 0.2) is 11.5 Å². The minimum Gasteiger partial charge on any atom is -0.493 e. The Kier molecular flexibility index (Phi) is 6.90. The summed E-state index contributed by atoms with van der Waals surface area (Å²) in [5, 5.41) is 0.597. The lowest BCUT2D eigenvalue weighted by molar-refractivity contribution is -0.123. The molecule has 1 saturated heterocycles. The van der Waals surface area contributed by atoms with Gasteiger partial charge in [-0.05, 0) is 43.2 Å². The van der Waals surface area contributed by atoms with Gasteiger partial charge in [-0.3, -0.25) is 4.79 Å². The van der Waals surface area contributed by atoms with E-state index < -0.39 is 10.0 Å². The molecule has 32 heavy (non-hydrogen) atoms. The predicted molar refractivity (Wildman–Crippen MR) is 126 cm³/mol. The number of halogens is 1. The van der Waals surface area contributed by atoms with E-state index in [0.717, 1.165) is 16.3 Å². The Hall–Kier alpha value is -1.94. The lowest BCUT2D eigenvalue weighted by Gasteiger charge is -2.35. The second-order valence-electron chi connectivity index (χ2n) is 7.65. The molecule has 7 nitrogen and oxygen atoms in total. The maximum atomic E-state index is 13.3. The van der Waals surface area contributed by atoms with Gasteiger partial charge in [0.05, 0.1) is 24.8 Å². The Bertz CT molecular complexity index is 1120. The van der Waals surface area contributed by atoms with Crippen molar-refractivity contribution in [2.45, 2.75) is 22.6 Å². The van der Waals surface area contributed by atoms with Gasteiger partial charge in [0, 0.05) is 47.3 Å². The number of sulfonamides is 1. The van der Waals surface area contributed by atoms with Crippen LogP contribution in [-0.4, -0.2) is 58.2 Å². The molecule has 0 bridgehead atoms. The van der Waals surface area contributed by atoms with Crippen molar-refractivity contribution in [2.24, 2.45) is 5.92 Å². The summed E-state index contributed by atoms with van der Waals surface area (Å²) in [4.78, 5) is 16.3. The standard InChI is InChI=1S/C22H25ClN2O5S2/c1-29-19-5-4-17(14-20(19)30-2)32(27,28)24-9-7-15(8-10-24)22(26)25-11-12-31-21-6-3-16(23)13-18(21)25/h3-6,13-15H,7-12H2,1-2H3. The van der Waals surface area contributed by atoms with Gasteiger partial charge in [-0.15, -0.1) is 11.8 Å². The molecule has 0 spiro atoms. The van der Waals surface area contributed by atoms with Crippen LogP contribution in [0.4, 0.5) is 5.69 Å². The van der Waals surface area contributed by atoms with E-state index in [-0.39, 0.29) is 29.8 Å². The summed E-state index contributed by atoms with van der Waals surface area (Å²) >= 11 is 7.88. The SMILES string of the molecule is COc1ccc(S(=O)(=O)N2CCC(C(=O)N3CCSc4ccc(Cl)cc43)CC2)cc1OC. The molecule has 4 rings (SSSR count). The third kappa shape index (κ3) is 4.44. The summed E-state index contributed by atoms with van der Waals surface area (Å²) in [6.07, 6.45) is 0.954. The molecule has 2 aliphatic rings. The average molecular weight is 497 g/mol. The normalized spacial score (nSPS) is 17.7. The van der Waals surface area contributed by atoms with Gasteiger partial charge in [-0.1, -0.05) is 11.6 Å². The van der Waals surface area contributed by atoms with Crippen molar-refractivity contribution in [1.29, 1.82) is 0 Å². The highest BCUT2D eigenvalue weighted by Gasteiger charge is 2.35. The van der Waals surface area contributed by atoms with Gasteiger partial charge in [-0.25, -0.2) is 8.42 Å². The van der Waals surface area contributed by atoms with E-state index in [1.54, 1.807) is 22.7 Å². The van der Waals surface area contributed by atoms with E-state index in [9.17, 15) is 13.2 Å². The minimum atomic E-state index is -3.70. The fourth-order valence-electron chi connectivity index (χ4n) is 4.11. The number of carbonyl (C=O) groups excluding carboxylic acids is 1. The van der Waals surface area contributed by atoms with E-state index in [0.29, 0.717) is 35.9 Å². The number of amides is 1. The summed E-state index contributed by atoms with van der Waals surface area (Å²) in [6.45, 7) is 1.21. The predicted octanol–water partition coefficient (Wildman–Crippen LogP) is 3.90. The van der Waals surface area contributed by atoms with Crippen LogP contribution in [0.1, 0.15) is 12.8 Å². The molecule has 1 fully saturated rings. The second-order valence-corrected chi connectivity index (χ2v) is 11.2. The lowest BCUT2D eigenvalue weighted by atomic mass is 9.96. The largest absolute Gasteiger partial charge is 0.493 e. The number of carbonyl (C=O) groups is 1. The summed E-state index contributed by atoms with van der Waals surface area (Å²) < 4.78 is 38.2. The number of nitrogens with zero attached hydrogens (tertiary/aromatic N) is 2. The Labute approximate surface area is 197 Å². The van der Waals surface area contributed by atoms with E-state index in [1.165, 1.54) is 30.7 Å². The first kappa shape index (κ1) is 23.2. The van der Waals surface area contributed by atoms with Crippen molar-refractivity contribution in [3.05, 3.63) is 41.4 Å². The first-order chi connectivity index (χ1) is 15.3. The van der Waals surface area contributed by atoms with Gasteiger partial charge in [0.2, 0.25) is 15.9 Å². The van der Waals surface area contributed by atoms with Crippen molar-refractivity contribution >= 4 is 45.0 Å². The topological polar surface area (TPSA) is 76.2 Å². The molecular formula is C22H25ClN2O5S2. The molecule has 0 aliphatic carbocycles. The summed E-state index contributed by atoms with van der Waals surface area (Å²) in [5.74, 6) is 1.47. The third-order valence-corrected chi connectivity index (χ3v) is 9.02. The van der Waals surface area contributed by atoms with E-state index in [1.807, 2.05) is 18.2 Å². The molecule has 1 amide bonds. The highest BCUT2D eigenvalue weighted by Crippen LogP contribution is 2.38. The molecule has 172 valence electrons. The fraction of sp³-hybridized carbons (Fsp3) is 0.409. The second kappa shape index (κ2) is 9.51. The van der Waals surface area contributed by atoms with Crippen molar-refractivity contribution in [2.75, 3.05) is 44.5 Å². The molecule has 0 radical (unpaired) electrons. The van der Waals surface area contributed by atoms with E-state index in [4.69, 9.17) is 21.1 Å². The summed E-state index contributed by atoms with van der Waals surface area (Å²) in [7, 11) is -0.727. The number of rotatable bonds is 5. The first-order valence-electron chi connectivity index (χ1n) is 10.3. The van der Waals surface area contributed by atoms with Crippen molar-refractivity contribution in [1.82, 2.24) is 4.31 Å². The number of thioether (sulfide) groups is 1. The molecule has 0 atom stereocenters. The number of fused-ring (bicyclic) bond motifs is 1. The van der Waals surface area contributed by atoms with Crippen LogP contribution in [0.2, 0.25) is 5.02 Å². The van der Waals surface area contributed by atoms with Crippen molar-refractivity contribution < 1.29 is 22.7 Å². The summed E-state index contributed by atoms with van der Waals surface area (Å²) in [5.41, 5.74) is 0.846. The van der Waals surface area contributed by atoms with Crippen LogP contribution < -0.4 is 14.4 Å². The number of benzene rings is 2.